The summed E-state index contributed by atoms with van der Waals surface area (Å²) in [5, 5.41) is 0. The fraction of sp³-hybridized carbons (Fsp3) is 0.600. The predicted molar refractivity (Wildman–Crippen MR) is 67.0 cm³/mol. The monoisotopic (exact) mass is 229 g/mol. The van der Waals surface area contributed by atoms with Crippen LogP contribution in [0.4, 0.5) is 0 Å². The van der Waals surface area contributed by atoms with Crippen molar-refractivity contribution in [1.82, 2.24) is 0 Å². The highest BCUT2D eigenvalue weighted by molar-refractivity contribution is 5.36. The van der Waals surface area contributed by atoms with Crippen molar-refractivity contribution in [3.05, 3.63) is 29.8 Å². The van der Waals surface area contributed by atoms with Crippen LogP contribution in [0.25, 0.3) is 0 Å². The first-order valence-corrected chi connectivity index (χ1v) is 6.73. The molecule has 1 aromatic rings. The molecular formula is C15H19NO. The van der Waals surface area contributed by atoms with E-state index in [1.807, 2.05) is 0 Å². The number of hydrogen-bond donors (Lipinski definition) is 1. The van der Waals surface area contributed by atoms with E-state index in [1.54, 1.807) is 0 Å². The van der Waals surface area contributed by atoms with Crippen molar-refractivity contribution in [3.8, 4) is 5.75 Å². The molecule has 0 saturated heterocycles. The van der Waals surface area contributed by atoms with Crippen LogP contribution in [-0.4, -0.2) is 12.1 Å². The van der Waals surface area contributed by atoms with Gasteiger partial charge in [0.25, 0.3) is 0 Å². The smallest absolute Gasteiger partial charge is 0.122 e. The van der Waals surface area contributed by atoms with E-state index in [4.69, 9.17) is 10.5 Å². The first-order valence-electron chi connectivity index (χ1n) is 6.73. The molecule has 0 radical (unpaired) electrons. The van der Waals surface area contributed by atoms with Gasteiger partial charge in [-0.3, -0.25) is 0 Å². The second-order valence-electron chi connectivity index (χ2n) is 6.13. The third kappa shape index (κ3) is 1.30. The minimum Gasteiger partial charge on any atom is -0.493 e. The highest BCUT2D eigenvalue weighted by Gasteiger charge is 2.66. The van der Waals surface area contributed by atoms with Crippen molar-refractivity contribution in [2.45, 2.75) is 37.6 Å². The molecule has 4 rings (SSSR count). The van der Waals surface area contributed by atoms with Crippen LogP contribution in [0.15, 0.2) is 24.3 Å². The fourth-order valence-electron chi connectivity index (χ4n) is 3.76. The summed E-state index contributed by atoms with van der Waals surface area (Å²) in [4.78, 5) is 0. The van der Waals surface area contributed by atoms with Crippen molar-refractivity contribution in [1.29, 1.82) is 0 Å². The summed E-state index contributed by atoms with van der Waals surface area (Å²) >= 11 is 0. The normalized spacial score (nSPS) is 31.2. The van der Waals surface area contributed by atoms with Crippen LogP contribution in [0.5, 0.6) is 5.75 Å². The molecule has 2 nitrogen and oxygen atoms in total. The Hall–Kier alpha value is -1.02. The predicted octanol–water partition coefficient (Wildman–Crippen LogP) is 2.51. The van der Waals surface area contributed by atoms with Gasteiger partial charge in [0.2, 0.25) is 0 Å². The Morgan fingerprint density at radius 2 is 1.88 bits per heavy atom. The summed E-state index contributed by atoms with van der Waals surface area (Å²) in [6.45, 7) is 0.871. The Balaban J connectivity index is 1.63. The van der Waals surface area contributed by atoms with Gasteiger partial charge >= 0.3 is 0 Å². The molecule has 0 amide bonds. The number of rotatable bonds is 2. The lowest BCUT2D eigenvalue weighted by atomic mass is 9.77. The average molecular weight is 229 g/mol. The van der Waals surface area contributed by atoms with Crippen LogP contribution in [0, 0.1) is 11.3 Å². The van der Waals surface area contributed by atoms with E-state index >= 15 is 0 Å². The summed E-state index contributed by atoms with van der Waals surface area (Å²) < 4.78 is 5.93. The van der Waals surface area contributed by atoms with Gasteiger partial charge in [-0.25, -0.2) is 0 Å². The van der Waals surface area contributed by atoms with E-state index in [1.165, 1.54) is 31.2 Å². The third-order valence-electron chi connectivity index (χ3n) is 5.23. The second kappa shape index (κ2) is 3.05. The molecule has 1 aromatic carbocycles. The van der Waals surface area contributed by atoms with Gasteiger partial charge in [0.05, 0.1) is 6.61 Å². The summed E-state index contributed by atoms with van der Waals surface area (Å²) in [6, 6.07) is 8.45. The van der Waals surface area contributed by atoms with Gasteiger partial charge in [-0.05, 0) is 49.1 Å². The summed E-state index contributed by atoms with van der Waals surface area (Å²) in [5.74, 6) is 1.73. The Bertz CT molecular complexity index is 460. The lowest BCUT2D eigenvalue weighted by Crippen LogP contribution is -2.43. The highest BCUT2D eigenvalue weighted by atomic mass is 16.5. The summed E-state index contributed by atoms with van der Waals surface area (Å²) in [7, 11) is 0. The van der Waals surface area contributed by atoms with Gasteiger partial charge in [0.1, 0.15) is 5.75 Å². The Morgan fingerprint density at radius 1 is 1.12 bits per heavy atom. The van der Waals surface area contributed by atoms with Gasteiger partial charge in [-0.2, -0.15) is 0 Å². The van der Waals surface area contributed by atoms with Gasteiger partial charge in [-0.1, -0.05) is 18.2 Å². The van der Waals surface area contributed by atoms with Crippen LogP contribution in [0.2, 0.25) is 0 Å². The third-order valence-corrected chi connectivity index (χ3v) is 5.23. The molecular weight excluding hydrogens is 210 g/mol. The van der Waals surface area contributed by atoms with Gasteiger partial charge in [-0.15, -0.1) is 0 Å². The zero-order chi connectivity index (χ0) is 11.5. The van der Waals surface area contributed by atoms with Crippen molar-refractivity contribution in [2.24, 2.45) is 17.1 Å². The zero-order valence-electron chi connectivity index (χ0n) is 10.1. The zero-order valence-corrected chi connectivity index (χ0v) is 10.1. The molecule has 17 heavy (non-hydrogen) atoms. The highest BCUT2D eigenvalue weighted by Crippen LogP contribution is 2.67. The van der Waals surface area contributed by atoms with Crippen LogP contribution < -0.4 is 10.5 Å². The minimum atomic E-state index is 0.160. The topological polar surface area (TPSA) is 35.2 Å². The maximum absolute atomic E-state index is 6.48. The number of para-hydroxylation sites is 1. The molecule has 1 heterocycles. The van der Waals surface area contributed by atoms with Gasteiger partial charge < -0.3 is 10.5 Å². The van der Waals surface area contributed by atoms with E-state index in [0.717, 1.165) is 18.8 Å². The van der Waals surface area contributed by atoms with Crippen LogP contribution >= 0.6 is 0 Å². The summed E-state index contributed by atoms with van der Waals surface area (Å²) in [6.07, 6.45) is 6.25. The van der Waals surface area contributed by atoms with Crippen LogP contribution in [0.3, 0.4) is 0 Å². The Kier molecular flexibility index (Phi) is 1.79. The van der Waals surface area contributed by atoms with E-state index < -0.39 is 0 Å². The molecule has 2 saturated carbocycles. The number of hydrogen-bond acceptors (Lipinski definition) is 2. The van der Waals surface area contributed by atoms with Crippen LogP contribution in [0.1, 0.15) is 31.2 Å². The maximum Gasteiger partial charge on any atom is 0.122 e. The largest absolute Gasteiger partial charge is 0.493 e. The number of ether oxygens (including phenoxy) is 1. The fourth-order valence-corrected chi connectivity index (χ4v) is 3.76. The molecule has 1 atom stereocenters. The molecule has 2 heteroatoms. The molecule has 90 valence electrons. The lowest BCUT2D eigenvalue weighted by molar-refractivity contribution is 0.131. The van der Waals surface area contributed by atoms with Gasteiger partial charge in [0.15, 0.2) is 0 Å². The first kappa shape index (κ1) is 9.95. The molecule has 0 aromatic heterocycles. The lowest BCUT2D eigenvalue weighted by Gasteiger charge is -2.35. The maximum atomic E-state index is 6.48. The molecule has 1 aliphatic heterocycles. The number of benzene rings is 1. The average Bonchev–Trinajstić information content (AvgIpc) is 3.24. The molecule has 2 N–H and O–H groups in total. The molecule has 0 bridgehead atoms. The van der Waals surface area contributed by atoms with Crippen molar-refractivity contribution in [3.63, 3.8) is 0 Å². The van der Waals surface area contributed by atoms with E-state index in [-0.39, 0.29) is 5.54 Å². The minimum absolute atomic E-state index is 0.160. The standard InChI is InChI=1S/C15H19NO/c16-15(7-8-15)14(5-6-14)12-9-11-3-1-2-4-13(11)17-10-12/h1-4,12H,5-10,16H2. The molecule has 0 spiro atoms. The quantitative estimate of drug-likeness (QED) is 0.845. The molecule has 2 fully saturated rings. The SMILES string of the molecule is NC1(C2(C3COc4ccccc4C3)CC2)CC1. The first-order chi connectivity index (χ1) is 8.24. The Morgan fingerprint density at radius 3 is 2.59 bits per heavy atom. The molecule has 3 aliphatic rings. The van der Waals surface area contributed by atoms with Crippen molar-refractivity contribution in [2.75, 3.05) is 6.61 Å². The number of nitrogens with two attached hydrogens (primary N) is 1. The Labute approximate surface area is 102 Å². The second-order valence-corrected chi connectivity index (χ2v) is 6.13. The van der Waals surface area contributed by atoms with Crippen molar-refractivity contribution >= 4 is 0 Å². The van der Waals surface area contributed by atoms with Crippen LogP contribution in [-0.2, 0) is 6.42 Å². The van der Waals surface area contributed by atoms with Crippen molar-refractivity contribution < 1.29 is 4.74 Å². The molecule has 1 unspecified atom stereocenters. The van der Waals surface area contributed by atoms with E-state index in [2.05, 4.69) is 24.3 Å². The summed E-state index contributed by atoms with van der Waals surface area (Å²) in [5.41, 5.74) is 8.43. The molecule has 2 aliphatic carbocycles. The van der Waals surface area contributed by atoms with Gasteiger partial charge in [0, 0.05) is 11.5 Å². The number of fused-ring (bicyclic) bond motifs is 1. The van der Waals surface area contributed by atoms with E-state index in [0.29, 0.717) is 11.3 Å². The van der Waals surface area contributed by atoms with E-state index in [9.17, 15) is 0 Å².